The quantitative estimate of drug-likeness (QED) is 0.425. The lowest BCUT2D eigenvalue weighted by molar-refractivity contribution is -0.133. The van der Waals surface area contributed by atoms with Crippen LogP contribution < -0.4 is 10.7 Å². The first-order valence-electron chi connectivity index (χ1n) is 8.85. The number of hydrazone groups is 1. The Balaban J connectivity index is 1.51. The first-order valence-corrected chi connectivity index (χ1v) is 8.85. The lowest BCUT2D eigenvalue weighted by Crippen LogP contribution is -2.34. The van der Waals surface area contributed by atoms with Crippen LogP contribution in [0.5, 0.6) is 0 Å². The molecule has 1 aliphatic rings. The smallest absolute Gasteiger partial charge is 0.253 e. The average molecular weight is 360 g/mol. The largest absolute Gasteiger partial charge is 0.355 e. The monoisotopic (exact) mass is 360 g/mol. The molecule has 6 nitrogen and oxygen atoms in total. The summed E-state index contributed by atoms with van der Waals surface area (Å²) >= 11 is 0. The predicted molar refractivity (Wildman–Crippen MR) is 104 cm³/mol. The molecule has 1 aliphatic heterocycles. The van der Waals surface area contributed by atoms with E-state index in [0.29, 0.717) is 6.54 Å². The summed E-state index contributed by atoms with van der Waals surface area (Å²) in [5.74, 6) is -1.62. The molecule has 1 aromatic heterocycles. The molecule has 27 heavy (non-hydrogen) atoms. The second kappa shape index (κ2) is 7.07. The van der Waals surface area contributed by atoms with Crippen molar-refractivity contribution in [2.45, 2.75) is 5.92 Å². The lowest BCUT2D eigenvalue weighted by atomic mass is 9.88. The fourth-order valence-corrected chi connectivity index (χ4v) is 3.64. The number of amides is 2. The Kier molecular flexibility index (Phi) is 4.46. The van der Waals surface area contributed by atoms with E-state index in [1.54, 1.807) is 6.21 Å². The van der Waals surface area contributed by atoms with Crippen LogP contribution in [-0.2, 0) is 16.6 Å². The van der Waals surface area contributed by atoms with Gasteiger partial charge in [-0.05, 0) is 11.6 Å². The fourth-order valence-electron chi connectivity index (χ4n) is 3.64. The minimum Gasteiger partial charge on any atom is -0.355 e. The summed E-state index contributed by atoms with van der Waals surface area (Å²) in [6.07, 6.45) is 3.57. The lowest BCUT2D eigenvalue weighted by Gasteiger charge is -2.15. The van der Waals surface area contributed by atoms with Crippen molar-refractivity contribution in [3.05, 3.63) is 71.9 Å². The number of hydrogen-bond acceptors (Lipinski definition) is 3. The third-order valence-electron chi connectivity index (χ3n) is 5.00. The molecule has 0 radical (unpaired) electrons. The molecule has 2 amide bonds. The van der Waals surface area contributed by atoms with Gasteiger partial charge in [0, 0.05) is 42.2 Å². The SMILES string of the molecule is Cn1cc(/C=N/NC(=O)[C@H]2C(=O)NC[C@@H]2c2ccccc2)c2ccccc21. The van der Waals surface area contributed by atoms with Crippen molar-refractivity contribution in [3.63, 3.8) is 0 Å². The molecule has 136 valence electrons. The molecule has 0 saturated carbocycles. The maximum absolute atomic E-state index is 12.6. The molecule has 3 aromatic rings. The van der Waals surface area contributed by atoms with Crippen molar-refractivity contribution >= 4 is 28.9 Å². The molecule has 0 unspecified atom stereocenters. The molecule has 2 atom stereocenters. The normalized spacial score (nSPS) is 19.5. The minimum absolute atomic E-state index is 0.188. The van der Waals surface area contributed by atoms with Crippen LogP contribution in [0.4, 0.5) is 0 Å². The molecule has 0 aliphatic carbocycles. The van der Waals surface area contributed by atoms with Gasteiger partial charge in [0.2, 0.25) is 5.91 Å². The first kappa shape index (κ1) is 17.0. The van der Waals surface area contributed by atoms with E-state index in [1.807, 2.05) is 72.4 Å². The Labute approximate surface area is 156 Å². The Bertz CT molecular complexity index is 1020. The molecular weight excluding hydrogens is 340 g/mol. The molecule has 0 spiro atoms. The zero-order valence-corrected chi connectivity index (χ0v) is 14.9. The Morgan fingerprint density at radius 3 is 2.74 bits per heavy atom. The summed E-state index contributed by atoms with van der Waals surface area (Å²) in [5.41, 5.74) is 5.50. The van der Waals surface area contributed by atoms with E-state index in [0.717, 1.165) is 22.0 Å². The second-order valence-electron chi connectivity index (χ2n) is 6.69. The van der Waals surface area contributed by atoms with Crippen molar-refractivity contribution in [1.29, 1.82) is 0 Å². The first-order chi connectivity index (χ1) is 13.1. The summed E-state index contributed by atoms with van der Waals surface area (Å²) in [6.45, 7) is 0.452. The number of para-hydroxylation sites is 1. The summed E-state index contributed by atoms with van der Waals surface area (Å²) in [6, 6.07) is 17.6. The van der Waals surface area contributed by atoms with Gasteiger partial charge < -0.3 is 9.88 Å². The number of benzene rings is 2. The van der Waals surface area contributed by atoms with Gasteiger partial charge in [0.25, 0.3) is 5.91 Å². The van der Waals surface area contributed by atoms with Crippen LogP contribution in [0.15, 0.2) is 65.9 Å². The highest BCUT2D eigenvalue weighted by Gasteiger charge is 2.40. The molecule has 6 heteroatoms. The molecule has 2 N–H and O–H groups in total. The highest BCUT2D eigenvalue weighted by molar-refractivity contribution is 6.04. The second-order valence-corrected chi connectivity index (χ2v) is 6.69. The Hall–Kier alpha value is -3.41. The number of aromatic nitrogens is 1. The van der Waals surface area contributed by atoms with Crippen LogP contribution >= 0.6 is 0 Å². The van der Waals surface area contributed by atoms with Crippen molar-refractivity contribution in [2.75, 3.05) is 6.54 Å². The van der Waals surface area contributed by atoms with Crippen LogP contribution in [0, 0.1) is 5.92 Å². The molecular formula is C21H20N4O2. The van der Waals surface area contributed by atoms with Gasteiger partial charge in [-0.3, -0.25) is 9.59 Å². The van der Waals surface area contributed by atoms with Crippen LogP contribution in [0.1, 0.15) is 17.0 Å². The Morgan fingerprint density at radius 1 is 1.19 bits per heavy atom. The van der Waals surface area contributed by atoms with Crippen molar-refractivity contribution in [3.8, 4) is 0 Å². The van der Waals surface area contributed by atoms with Gasteiger partial charge in [-0.25, -0.2) is 5.43 Å². The highest BCUT2D eigenvalue weighted by atomic mass is 16.2. The molecule has 1 fully saturated rings. The van der Waals surface area contributed by atoms with E-state index >= 15 is 0 Å². The highest BCUT2D eigenvalue weighted by Crippen LogP contribution is 2.29. The van der Waals surface area contributed by atoms with Gasteiger partial charge in [-0.1, -0.05) is 48.5 Å². The maximum Gasteiger partial charge on any atom is 0.253 e. The summed E-state index contributed by atoms with van der Waals surface area (Å²) in [5, 5.41) is 7.93. The topological polar surface area (TPSA) is 75.5 Å². The minimum atomic E-state index is -0.780. The van der Waals surface area contributed by atoms with Gasteiger partial charge >= 0.3 is 0 Å². The molecule has 2 aromatic carbocycles. The van der Waals surface area contributed by atoms with Crippen LogP contribution in [-0.4, -0.2) is 29.1 Å². The predicted octanol–water partition coefficient (Wildman–Crippen LogP) is 2.16. The van der Waals surface area contributed by atoms with Crippen LogP contribution in [0.2, 0.25) is 0 Å². The van der Waals surface area contributed by atoms with Gasteiger partial charge in [0.15, 0.2) is 0 Å². The molecule has 4 rings (SSSR count). The summed E-state index contributed by atoms with van der Waals surface area (Å²) < 4.78 is 2.01. The van der Waals surface area contributed by atoms with E-state index < -0.39 is 11.8 Å². The maximum atomic E-state index is 12.6. The van der Waals surface area contributed by atoms with Crippen LogP contribution in [0.25, 0.3) is 10.9 Å². The fraction of sp³-hybridized carbons (Fsp3) is 0.190. The summed E-state index contributed by atoms with van der Waals surface area (Å²) in [7, 11) is 1.96. The average Bonchev–Trinajstić information content (AvgIpc) is 3.23. The third kappa shape index (κ3) is 3.21. The number of hydrogen-bond donors (Lipinski definition) is 2. The number of fused-ring (bicyclic) bond motifs is 1. The van der Waals surface area contributed by atoms with Crippen LogP contribution in [0.3, 0.4) is 0 Å². The van der Waals surface area contributed by atoms with E-state index in [4.69, 9.17) is 0 Å². The van der Waals surface area contributed by atoms with Crippen molar-refractivity contribution in [2.24, 2.45) is 18.1 Å². The zero-order chi connectivity index (χ0) is 18.8. The number of aryl methyl sites for hydroxylation is 1. The van der Waals surface area contributed by atoms with Crippen molar-refractivity contribution < 1.29 is 9.59 Å². The number of carbonyl (C=O) groups excluding carboxylic acids is 2. The zero-order valence-electron chi connectivity index (χ0n) is 14.9. The summed E-state index contributed by atoms with van der Waals surface area (Å²) in [4.78, 5) is 24.8. The van der Waals surface area contributed by atoms with Gasteiger partial charge in [-0.2, -0.15) is 5.10 Å². The molecule has 2 heterocycles. The standard InChI is InChI=1S/C21H20N4O2/c1-25-13-15(16-9-5-6-10-18(16)25)11-23-24-21(27)19-17(12-22-20(19)26)14-7-3-2-4-8-14/h2-11,13,17,19H,12H2,1H3,(H,22,26)(H,24,27)/b23-11+/t17-,19-/m1/s1. The number of nitrogens with zero attached hydrogens (tertiary/aromatic N) is 2. The number of rotatable bonds is 4. The van der Waals surface area contributed by atoms with Gasteiger partial charge in [0.1, 0.15) is 5.92 Å². The van der Waals surface area contributed by atoms with E-state index in [2.05, 4.69) is 15.8 Å². The number of nitrogens with one attached hydrogen (secondary N) is 2. The van der Waals surface area contributed by atoms with E-state index in [1.165, 1.54) is 0 Å². The third-order valence-corrected chi connectivity index (χ3v) is 5.00. The number of carbonyl (C=O) groups is 2. The Morgan fingerprint density at radius 2 is 1.93 bits per heavy atom. The van der Waals surface area contributed by atoms with Gasteiger partial charge in [0.05, 0.1) is 6.21 Å². The van der Waals surface area contributed by atoms with E-state index in [9.17, 15) is 9.59 Å². The van der Waals surface area contributed by atoms with E-state index in [-0.39, 0.29) is 11.8 Å². The molecule has 1 saturated heterocycles. The molecule has 0 bridgehead atoms. The van der Waals surface area contributed by atoms with Gasteiger partial charge in [-0.15, -0.1) is 0 Å². The van der Waals surface area contributed by atoms with Crippen molar-refractivity contribution in [1.82, 2.24) is 15.3 Å².